The van der Waals surface area contributed by atoms with Crippen molar-refractivity contribution in [1.29, 1.82) is 0 Å². The van der Waals surface area contributed by atoms with Crippen molar-refractivity contribution < 1.29 is 9.53 Å². The van der Waals surface area contributed by atoms with Crippen LogP contribution in [-0.2, 0) is 16.0 Å². The summed E-state index contributed by atoms with van der Waals surface area (Å²) in [5.74, 6) is 0.823. The Balaban J connectivity index is 1.99. The molecule has 2 rings (SSSR count). The van der Waals surface area contributed by atoms with E-state index in [1.165, 1.54) is 19.3 Å². The topological polar surface area (TPSA) is 42.4 Å². The van der Waals surface area contributed by atoms with Gasteiger partial charge in [-0.2, -0.15) is 0 Å². The lowest BCUT2D eigenvalue weighted by molar-refractivity contribution is -0.134. The highest BCUT2D eigenvalue weighted by Gasteiger charge is 2.29. The SMILES string of the molecule is CCO[C@H](C)c1nc(CC(=O)N(CC)[C@@H]2CCCC[C@H]2C)cs1. The molecule has 4 nitrogen and oxygen atoms in total. The maximum absolute atomic E-state index is 12.8. The summed E-state index contributed by atoms with van der Waals surface area (Å²) in [6, 6.07) is 0.404. The number of likely N-dealkylation sites (N-methyl/N-ethyl adjacent to an activating group) is 1. The maximum Gasteiger partial charge on any atom is 0.228 e. The van der Waals surface area contributed by atoms with E-state index in [-0.39, 0.29) is 12.0 Å². The van der Waals surface area contributed by atoms with Gasteiger partial charge >= 0.3 is 0 Å². The molecule has 0 bridgehead atoms. The first kappa shape index (κ1) is 18.4. The molecule has 1 aromatic heterocycles. The summed E-state index contributed by atoms with van der Waals surface area (Å²) >= 11 is 1.59. The Morgan fingerprint density at radius 1 is 1.43 bits per heavy atom. The number of aromatic nitrogens is 1. The Labute approximate surface area is 144 Å². The number of carbonyl (C=O) groups is 1. The lowest BCUT2D eigenvalue weighted by Crippen LogP contribution is -2.45. The zero-order valence-corrected chi connectivity index (χ0v) is 15.7. The third kappa shape index (κ3) is 4.77. The van der Waals surface area contributed by atoms with Gasteiger partial charge in [0.1, 0.15) is 11.1 Å². The molecular weight excluding hydrogens is 308 g/mol. The minimum Gasteiger partial charge on any atom is -0.372 e. The predicted molar refractivity (Wildman–Crippen MR) is 94.7 cm³/mol. The second kappa shape index (κ2) is 8.78. The van der Waals surface area contributed by atoms with Gasteiger partial charge < -0.3 is 9.64 Å². The molecule has 1 aromatic rings. The van der Waals surface area contributed by atoms with Crippen molar-refractivity contribution in [3.8, 4) is 0 Å². The van der Waals surface area contributed by atoms with E-state index in [0.29, 0.717) is 25.0 Å². The first-order chi connectivity index (χ1) is 11.1. The normalized spacial score (nSPS) is 22.8. The van der Waals surface area contributed by atoms with Gasteiger partial charge in [-0.15, -0.1) is 11.3 Å². The van der Waals surface area contributed by atoms with E-state index < -0.39 is 0 Å². The van der Waals surface area contributed by atoms with Crippen LogP contribution < -0.4 is 0 Å². The Morgan fingerprint density at radius 3 is 2.83 bits per heavy atom. The zero-order chi connectivity index (χ0) is 16.8. The van der Waals surface area contributed by atoms with E-state index in [2.05, 4.69) is 23.7 Å². The van der Waals surface area contributed by atoms with Gasteiger partial charge in [-0.25, -0.2) is 4.98 Å². The molecule has 0 radical (unpaired) electrons. The second-order valence-electron chi connectivity index (χ2n) is 6.46. The molecule has 130 valence electrons. The maximum atomic E-state index is 12.8. The first-order valence-electron chi connectivity index (χ1n) is 8.92. The molecule has 0 aliphatic heterocycles. The average Bonchev–Trinajstić information content (AvgIpc) is 2.99. The molecule has 1 saturated carbocycles. The standard InChI is InChI=1S/C18H30N2O2S/c1-5-20(16-10-8-7-9-13(16)3)17(21)11-15-12-23-18(19-15)14(4)22-6-2/h12-14,16H,5-11H2,1-4H3/t13-,14-,16-/m1/s1. The van der Waals surface area contributed by atoms with Crippen molar-refractivity contribution in [3.63, 3.8) is 0 Å². The van der Waals surface area contributed by atoms with Crippen LogP contribution in [0.4, 0.5) is 0 Å². The number of ether oxygens (including phenoxy) is 1. The summed E-state index contributed by atoms with van der Waals surface area (Å²) in [4.78, 5) is 19.4. The highest BCUT2D eigenvalue weighted by atomic mass is 32.1. The van der Waals surface area contributed by atoms with Crippen LogP contribution >= 0.6 is 11.3 Å². The van der Waals surface area contributed by atoms with E-state index in [1.807, 2.05) is 19.2 Å². The fraction of sp³-hybridized carbons (Fsp3) is 0.778. The van der Waals surface area contributed by atoms with E-state index in [1.54, 1.807) is 11.3 Å². The van der Waals surface area contributed by atoms with E-state index in [0.717, 1.165) is 23.7 Å². The number of hydrogen-bond acceptors (Lipinski definition) is 4. The van der Waals surface area contributed by atoms with Crippen LogP contribution in [0.5, 0.6) is 0 Å². The van der Waals surface area contributed by atoms with Crippen LogP contribution in [-0.4, -0.2) is 35.0 Å². The Hall–Kier alpha value is -0.940. The lowest BCUT2D eigenvalue weighted by Gasteiger charge is -2.38. The van der Waals surface area contributed by atoms with Crippen molar-refractivity contribution in [2.24, 2.45) is 5.92 Å². The van der Waals surface area contributed by atoms with Crippen LogP contribution in [0.2, 0.25) is 0 Å². The third-order valence-corrected chi connectivity index (χ3v) is 5.85. The molecule has 1 fully saturated rings. The molecular formula is C18H30N2O2S. The van der Waals surface area contributed by atoms with Gasteiger partial charge in [-0.1, -0.05) is 19.8 Å². The highest BCUT2D eigenvalue weighted by molar-refractivity contribution is 7.09. The summed E-state index contributed by atoms with van der Waals surface area (Å²) in [7, 11) is 0. The molecule has 0 saturated heterocycles. The number of carbonyl (C=O) groups excluding carboxylic acids is 1. The Morgan fingerprint density at radius 2 is 2.17 bits per heavy atom. The van der Waals surface area contributed by atoms with Crippen molar-refractivity contribution in [2.45, 2.75) is 71.9 Å². The molecule has 1 aliphatic rings. The molecule has 0 spiro atoms. The van der Waals surface area contributed by atoms with Crippen molar-refractivity contribution >= 4 is 17.2 Å². The fourth-order valence-electron chi connectivity index (χ4n) is 3.52. The summed E-state index contributed by atoms with van der Waals surface area (Å²) in [6.45, 7) is 9.83. The van der Waals surface area contributed by atoms with E-state index in [4.69, 9.17) is 4.74 Å². The first-order valence-corrected chi connectivity index (χ1v) is 9.80. The van der Waals surface area contributed by atoms with Gasteiger partial charge in [0.05, 0.1) is 12.1 Å². The van der Waals surface area contributed by atoms with Gasteiger partial charge in [-0.05, 0) is 39.5 Å². The molecule has 0 aromatic carbocycles. The van der Waals surface area contributed by atoms with Crippen molar-refractivity contribution in [2.75, 3.05) is 13.2 Å². The lowest BCUT2D eigenvalue weighted by atomic mass is 9.84. The average molecular weight is 339 g/mol. The van der Waals surface area contributed by atoms with Crippen LogP contribution in [0, 0.1) is 5.92 Å². The van der Waals surface area contributed by atoms with Gasteiger partial charge in [0.25, 0.3) is 0 Å². The number of hydrogen-bond donors (Lipinski definition) is 0. The third-order valence-electron chi connectivity index (χ3n) is 4.79. The van der Waals surface area contributed by atoms with Crippen molar-refractivity contribution in [3.05, 3.63) is 16.1 Å². The predicted octanol–water partition coefficient (Wildman–Crippen LogP) is 4.21. The van der Waals surface area contributed by atoms with E-state index in [9.17, 15) is 4.79 Å². The van der Waals surface area contributed by atoms with Crippen LogP contribution in [0.3, 0.4) is 0 Å². The number of amides is 1. The summed E-state index contributed by atoms with van der Waals surface area (Å²) in [5, 5.41) is 2.96. The van der Waals surface area contributed by atoms with E-state index >= 15 is 0 Å². The quantitative estimate of drug-likeness (QED) is 0.748. The number of nitrogens with zero attached hydrogens (tertiary/aromatic N) is 2. The summed E-state index contributed by atoms with van der Waals surface area (Å²) in [6.07, 6.45) is 5.34. The van der Waals surface area contributed by atoms with Crippen LogP contribution in [0.15, 0.2) is 5.38 Å². The molecule has 0 N–H and O–H groups in total. The molecule has 1 amide bonds. The molecule has 1 aliphatic carbocycles. The molecule has 5 heteroatoms. The molecule has 1 heterocycles. The minimum atomic E-state index is 0.00879. The molecule has 23 heavy (non-hydrogen) atoms. The number of rotatable bonds is 7. The van der Waals surface area contributed by atoms with Gasteiger partial charge in [-0.3, -0.25) is 4.79 Å². The zero-order valence-electron chi connectivity index (χ0n) is 14.9. The summed E-state index contributed by atoms with van der Waals surface area (Å²) in [5.41, 5.74) is 0.878. The van der Waals surface area contributed by atoms with Gasteiger partial charge in [0.15, 0.2) is 0 Å². The molecule has 3 atom stereocenters. The highest BCUT2D eigenvalue weighted by Crippen LogP contribution is 2.29. The van der Waals surface area contributed by atoms with Crippen LogP contribution in [0.1, 0.15) is 70.2 Å². The summed E-state index contributed by atoms with van der Waals surface area (Å²) < 4.78 is 5.58. The fourth-order valence-corrected chi connectivity index (χ4v) is 4.35. The monoisotopic (exact) mass is 338 g/mol. The Bertz CT molecular complexity index is 503. The molecule has 0 unspecified atom stereocenters. The smallest absolute Gasteiger partial charge is 0.228 e. The van der Waals surface area contributed by atoms with Crippen LogP contribution in [0.25, 0.3) is 0 Å². The Kier molecular flexibility index (Phi) is 7.03. The minimum absolute atomic E-state index is 0.00879. The second-order valence-corrected chi connectivity index (χ2v) is 7.35. The van der Waals surface area contributed by atoms with Gasteiger partial charge in [0.2, 0.25) is 5.91 Å². The number of thiazole rings is 1. The van der Waals surface area contributed by atoms with Crippen molar-refractivity contribution in [1.82, 2.24) is 9.88 Å². The van der Waals surface area contributed by atoms with Gasteiger partial charge in [0, 0.05) is 24.6 Å². The largest absolute Gasteiger partial charge is 0.372 e.